The van der Waals surface area contributed by atoms with Gasteiger partial charge >= 0.3 is 0 Å². The highest BCUT2D eigenvalue weighted by atomic mass is 16.3. The molecule has 0 amide bonds. The van der Waals surface area contributed by atoms with Crippen molar-refractivity contribution in [2.24, 2.45) is 0 Å². The van der Waals surface area contributed by atoms with Gasteiger partial charge in [-0.3, -0.25) is 0 Å². The largest absolute Gasteiger partial charge is 0.438 e. The van der Waals surface area contributed by atoms with Crippen LogP contribution < -0.4 is 4.90 Å². The van der Waals surface area contributed by atoms with Gasteiger partial charge in [0.15, 0.2) is 0 Å². The Morgan fingerprint density at radius 1 is 1.27 bits per heavy atom. The molecule has 22 heavy (non-hydrogen) atoms. The number of anilines is 1. The molecule has 5 heteroatoms. The van der Waals surface area contributed by atoms with Crippen LogP contribution >= 0.6 is 0 Å². The van der Waals surface area contributed by atoms with Crippen molar-refractivity contribution in [2.75, 3.05) is 11.9 Å². The summed E-state index contributed by atoms with van der Waals surface area (Å²) >= 11 is 0. The van der Waals surface area contributed by atoms with Crippen LogP contribution in [0.4, 0.5) is 5.69 Å². The maximum atomic E-state index is 9.17. The van der Waals surface area contributed by atoms with E-state index in [1.165, 1.54) is 0 Å². The lowest BCUT2D eigenvalue weighted by Crippen LogP contribution is -2.34. The van der Waals surface area contributed by atoms with Gasteiger partial charge in [-0.05, 0) is 31.2 Å². The summed E-state index contributed by atoms with van der Waals surface area (Å²) in [6, 6.07) is 12.2. The first-order valence-corrected chi connectivity index (χ1v) is 7.09. The van der Waals surface area contributed by atoms with Gasteiger partial charge in [0.25, 0.3) is 0 Å². The summed E-state index contributed by atoms with van der Waals surface area (Å²) in [5.74, 6) is 0. The quantitative estimate of drug-likeness (QED) is 0.687. The fraction of sp³-hybridized carbons (Fsp3) is 0.176. The van der Waals surface area contributed by atoms with E-state index in [2.05, 4.69) is 22.9 Å². The number of benzene rings is 1. The molecule has 0 radical (unpaired) electrons. The van der Waals surface area contributed by atoms with E-state index in [1.54, 1.807) is 6.20 Å². The van der Waals surface area contributed by atoms with Crippen LogP contribution in [-0.2, 0) is 0 Å². The molecule has 1 aliphatic heterocycles. The first-order chi connectivity index (χ1) is 10.7. The van der Waals surface area contributed by atoms with E-state index in [4.69, 9.17) is 4.42 Å². The van der Waals surface area contributed by atoms with Gasteiger partial charge in [-0.1, -0.05) is 0 Å². The highest BCUT2D eigenvalue weighted by molar-refractivity contribution is 6.04. The van der Waals surface area contributed by atoms with Gasteiger partial charge in [0.1, 0.15) is 23.5 Å². The highest BCUT2D eigenvalue weighted by Gasteiger charge is 2.27. The van der Waals surface area contributed by atoms with Crippen LogP contribution in [0, 0.1) is 11.3 Å². The third-order valence-electron chi connectivity index (χ3n) is 4.25. The van der Waals surface area contributed by atoms with E-state index in [-0.39, 0.29) is 6.17 Å². The highest BCUT2D eigenvalue weighted by Crippen LogP contribution is 2.33. The number of aromatic nitrogens is 1. The zero-order valence-corrected chi connectivity index (χ0v) is 12.3. The van der Waals surface area contributed by atoms with Crippen LogP contribution in [0.1, 0.15) is 6.92 Å². The molecule has 0 N–H and O–H groups in total. The lowest BCUT2D eigenvalue weighted by molar-refractivity contribution is 0.367. The van der Waals surface area contributed by atoms with Gasteiger partial charge in [-0.2, -0.15) is 5.26 Å². The Morgan fingerprint density at radius 2 is 2.14 bits per heavy atom. The molecule has 108 valence electrons. The summed E-state index contributed by atoms with van der Waals surface area (Å²) in [7, 11) is 1.92. The van der Waals surface area contributed by atoms with E-state index in [1.807, 2.05) is 48.5 Å². The number of nitrogens with zero attached hydrogens (tertiary/aromatic N) is 4. The molecule has 0 fully saturated rings. The minimum Gasteiger partial charge on any atom is -0.438 e. The average molecular weight is 290 g/mol. The third-order valence-corrected chi connectivity index (χ3v) is 4.25. The molecule has 2 aromatic heterocycles. The SMILES string of the molecule is C[C@H]1N(C)C(C#N)=CN1c1ccc2c(c1)oc1ncccc12. The smallest absolute Gasteiger partial charge is 0.227 e. The van der Waals surface area contributed by atoms with Crippen molar-refractivity contribution >= 4 is 27.8 Å². The molecular weight excluding hydrogens is 276 g/mol. The number of furan rings is 1. The molecule has 0 aliphatic carbocycles. The molecule has 0 bridgehead atoms. The van der Waals surface area contributed by atoms with Crippen LogP contribution in [0.15, 0.2) is 52.8 Å². The van der Waals surface area contributed by atoms with Gasteiger partial charge in [0.2, 0.25) is 5.71 Å². The topological polar surface area (TPSA) is 56.3 Å². The summed E-state index contributed by atoms with van der Waals surface area (Å²) in [4.78, 5) is 8.27. The fourth-order valence-electron chi connectivity index (χ4n) is 2.88. The van der Waals surface area contributed by atoms with Crippen molar-refractivity contribution in [3.8, 4) is 6.07 Å². The number of fused-ring (bicyclic) bond motifs is 3. The minimum atomic E-state index is 0.0922. The molecule has 1 atom stereocenters. The molecule has 0 saturated carbocycles. The number of nitriles is 1. The normalized spacial score (nSPS) is 18.0. The number of pyridine rings is 1. The van der Waals surface area contributed by atoms with Crippen molar-refractivity contribution in [3.63, 3.8) is 0 Å². The molecule has 0 unspecified atom stereocenters. The van der Waals surface area contributed by atoms with Gasteiger partial charge < -0.3 is 14.2 Å². The van der Waals surface area contributed by atoms with Crippen LogP contribution in [-0.4, -0.2) is 23.1 Å². The lowest BCUT2D eigenvalue weighted by atomic mass is 10.1. The zero-order valence-electron chi connectivity index (χ0n) is 12.3. The Kier molecular flexibility index (Phi) is 2.60. The van der Waals surface area contributed by atoms with E-state index in [0.29, 0.717) is 11.4 Å². The second-order valence-corrected chi connectivity index (χ2v) is 5.41. The Labute approximate surface area is 127 Å². The van der Waals surface area contributed by atoms with Crippen molar-refractivity contribution in [2.45, 2.75) is 13.1 Å². The Balaban J connectivity index is 1.85. The molecule has 3 aromatic rings. The maximum Gasteiger partial charge on any atom is 0.227 e. The van der Waals surface area contributed by atoms with Gasteiger partial charge in [-0.15, -0.1) is 0 Å². The number of rotatable bonds is 1. The van der Waals surface area contributed by atoms with Gasteiger partial charge in [0, 0.05) is 42.0 Å². The van der Waals surface area contributed by atoms with Crippen molar-refractivity contribution in [3.05, 3.63) is 48.4 Å². The summed E-state index contributed by atoms with van der Waals surface area (Å²) in [5.41, 5.74) is 3.10. The number of hydrogen-bond acceptors (Lipinski definition) is 5. The predicted octanol–water partition coefficient (Wildman–Crippen LogP) is 3.44. The molecule has 1 aliphatic rings. The van der Waals surface area contributed by atoms with Gasteiger partial charge in [0.05, 0.1) is 0 Å². The summed E-state index contributed by atoms with van der Waals surface area (Å²) in [5, 5.41) is 11.2. The summed E-state index contributed by atoms with van der Waals surface area (Å²) in [6.07, 6.45) is 3.69. The Hall–Kier alpha value is -3.00. The van der Waals surface area contributed by atoms with E-state index >= 15 is 0 Å². The molecule has 3 heterocycles. The predicted molar refractivity (Wildman–Crippen MR) is 84.9 cm³/mol. The maximum absolute atomic E-state index is 9.17. The second-order valence-electron chi connectivity index (χ2n) is 5.41. The number of allylic oxidation sites excluding steroid dienone is 1. The van der Waals surface area contributed by atoms with Crippen LogP contribution in [0.25, 0.3) is 22.1 Å². The molecular formula is C17H14N4O. The molecule has 0 spiro atoms. The molecule has 1 aromatic carbocycles. The Morgan fingerprint density at radius 3 is 2.91 bits per heavy atom. The first kappa shape index (κ1) is 12.7. The molecule has 5 nitrogen and oxygen atoms in total. The average Bonchev–Trinajstić information content (AvgIpc) is 3.05. The summed E-state index contributed by atoms with van der Waals surface area (Å²) in [6.45, 7) is 2.06. The second kappa shape index (κ2) is 4.50. The van der Waals surface area contributed by atoms with Crippen LogP contribution in [0.3, 0.4) is 0 Å². The lowest BCUT2D eigenvalue weighted by Gasteiger charge is -2.27. The van der Waals surface area contributed by atoms with E-state index in [0.717, 1.165) is 22.0 Å². The van der Waals surface area contributed by atoms with E-state index in [9.17, 15) is 5.26 Å². The third kappa shape index (κ3) is 1.67. The van der Waals surface area contributed by atoms with E-state index < -0.39 is 0 Å². The fourth-order valence-corrected chi connectivity index (χ4v) is 2.88. The number of hydrogen-bond donors (Lipinski definition) is 0. The molecule has 4 rings (SSSR count). The van der Waals surface area contributed by atoms with Crippen molar-refractivity contribution < 1.29 is 4.42 Å². The zero-order chi connectivity index (χ0) is 15.3. The minimum absolute atomic E-state index is 0.0922. The van der Waals surface area contributed by atoms with Crippen LogP contribution in [0.5, 0.6) is 0 Å². The van der Waals surface area contributed by atoms with Crippen molar-refractivity contribution in [1.29, 1.82) is 5.26 Å². The summed E-state index contributed by atoms with van der Waals surface area (Å²) < 4.78 is 5.83. The monoisotopic (exact) mass is 290 g/mol. The van der Waals surface area contributed by atoms with Crippen molar-refractivity contribution in [1.82, 2.24) is 9.88 Å². The molecule has 0 saturated heterocycles. The standard InChI is InChI=1S/C17H14N4O/c1-11-20(2)13(9-18)10-21(11)12-5-6-14-15-4-3-7-19-17(15)22-16(14)8-12/h3-8,10-11H,1-2H3/t11-/m0/s1. The first-order valence-electron chi connectivity index (χ1n) is 7.09. The Bertz CT molecular complexity index is 950. The van der Waals surface area contributed by atoms with Gasteiger partial charge in [-0.25, -0.2) is 4.98 Å². The van der Waals surface area contributed by atoms with Crippen LogP contribution in [0.2, 0.25) is 0 Å².